The van der Waals surface area contributed by atoms with Gasteiger partial charge in [-0.3, -0.25) is 10.1 Å². The number of nitriles is 1. The first-order valence-corrected chi connectivity index (χ1v) is 6.61. The minimum atomic E-state index is -0.570. The van der Waals surface area contributed by atoms with Crippen LogP contribution in [0.1, 0.15) is 37.7 Å². The Kier molecular flexibility index (Phi) is 4.48. The molecule has 2 N–H and O–H groups in total. The molecule has 1 fully saturated rings. The maximum absolute atomic E-state index is 11.0. The van der Waals surface area contributed by atoms with E-state index < -0.39 is 11.0 Å². The molecule has 106 valence electrons. The van der Waals surface area contributed by atoms with Gasteiger partial charge < -0.3 is 10.4 Å². The molecular weight excluding hydrogens is 260 g/mol. The van der Waals surface area contributed by atoms with Crippen LogP contribution in [0.4, 0.5) is 11.5 Å². The maximum Gasteiger partial charge on any atom is 0.312 e. The fraction of sp³-hybridized carbons (Fsp3) is 0.538. The topological polar surface area (TPSA) is 112 Å². The molecule has 2 atom stereocenters. The molecule has 2 unspecified atom stereocenters. The van der Waals surface area contributed by atoms with Crippen molar-refractivity contribution in [2.45, 2.75) is 44.2 Å². The Morgan fingerprint density at radius 3 is 2.90 bits per heavy atom. The first kappa shape index (κ1) is 14.2. The number of aliphatic hydroxyl groups excluding tert-OH is 1. The van der Waals surface area contributed by atoms with Crippen LogP contribution in [0.2, 0.25) is 0 Å². The number of nitrogens with one attached hydrogen (secondary N) is 1. The average molecular weight is 276 g/mol. The van der Waals surface area contributed by atoms with Crippen molar-refractivity contribution in [3.05, 3.63) is 27.9 Å². The molecule has 1 aromatic heterocycles. The molecule has 7 heteroatoms. The summed E-state index contributed by atoms with van der Waals surface area (Å²) < 4.78 is 0. The summed E-state index contributed by atoms with van der Waals surface area (Å²) in [6.45, 7) is 0. The van der Waals surface area contributed by atoms with Crippen LogP contribution in [0, 0.1) is 21.4 Å². The number of aromatic nitrogens is 1. The van der Waals surface area contributed by atoms with Crippen LogP contribution < -0.4 is 5.32 Å². The zero-order chi connectivity index (χ0) is 14.5. The second-order valence-electron chi connectivity index (χ2n) is 4.92. The van der Waals surface area contributed by atoms with Crippen LogP contribution in [0.3, 0.4) is 0 Å². The summed E-state index contributed by atoms with van der Waals surface area (Å²) in [7, 11) is 0. The van der Waals surface area contributed by atoms with E-state index in [1.54, 1.807) is 0 Å². The SMILES string of the molecule is N#Cc1cnc(NC2CCCCCC2O)c([N+](=O)[O-])c1. The molecule has 0 amide bonds. The van der Waals surface area contributed by atoms with Crippen LogP contribution in [-0.4, -0.2) is 27.2 Å². The molecule has 1 aromatic rings. The molecular formula is C13H16N4O3. The van der Waals surface area contributed by atoms with Gasteiger partial charge in [0.25, 0.3) is 0 Å². The zero-order valence-corrected chi connectivity index (χ0v) is 11.0. The molecule has 0 bridgehead atoms. The van der Waals surface area contributed by atoms with Crippen LogP contribution >= 0.6 is 0 Å². The highest BCUT2D eigenvalue weighted by atomic mass is 16.6. The highest BCUT2D eigenvalue weighted by Gasteiger charge is 2.25. The van der Waals surface area contributed by atoms with E-state index in [0.29, 0.717) is 6.42 Å². The summed E-state index contributed by atoms with van der Waals surface area (Å²) in [5.41, 5.74) is -0.0934. The Labute approximate surface area is 116 Å². The number of pyridine rings is 1. The highest BCUT2D eigenvalue weighted by molar-refractivity contribution is 5.58. The summed E-state index contributed by atoms with van der Waals surface area (Å²) >= 11 is 0. The lowest BCUT2D eigenvalue weighted by molar-refractivity contribution is -0.384. The van der Waals surface area contributed by atoms with E-state index in [1.165, 1.54) is 12.3 Å². The van der Waals surface area contributed by atoms with Crippen LogP contribution in [0.15, 0.2) is 12.3 Å². The van der Waals surface area contributed by atoms with Crippen molar-refractivity contribution in [2.24, 2.45) is 0 Å². The molecule has 1 heterocycles. The third-order valence-electron chi connectivity index (χ3n) is 3.49. The molecule has 1 aliphatic rings. The number of nitrogens with zero attached hydrogens (tertiary/aromatic N) is 3. The maximum atomic E-state index is 11.0. The Morgan fingerprint density at radius 2 is 2.20 bits per heavy atom. The molecule has 0 radical (unpaired) electrons. The van der Waals surface area contributed by atoms with Gasteiger partial charge in [-0.15, -0.1) is 0 Å². The third kappa shape index (κ3) is 3.22. The van der Waals surface area contributed by atoms with Crippen LogP contribution in [0.25, 0.3) is 0 Å². The summed E-state index contributed by atoms with van der Waals surface area (Å²) in [4.78, 5) is 14.4. The second-order valence-corrected chi connectivity index (χ2v) is 4.92. The first-order valence-electron chi connectivity index (χ1n) is 6.61. The van der Waals surface area contributed by atoms with Gasteiger partial charge in [0.05, 0.1) is 22.6 Å². The minimum Gasteiger partial charge on any atom is -0.391 e. The van der Waals surface area contributed by atoms with E-state index in [9.17, 15) is 15.2 Å². The molecule has 0 saturated heterocycles. The smallest absolute Gasteiger partial charge is 0.312 e. The standard InChI is InChI=1S/C13H16N4O3/c14-7-9-6-11(17(19)20)13(15-8-9)16-10-4-2-1-3-5-12(10)18/h6,8,10,12,18H,1-5H2,(H,15,16). The number of aliphatic hydroxyl groups is 1. The zero-order valence-electron chi connectivity index (χ0n) is 11.0. The minimum absolute atomic E-state index is 0.111. The molecule has 7 nitrogen and oxygen atoms in total. The number of anilines is 1. The first-order chi connectivity index (χ1) is 9.61. The molecule has 0 spiro atoms. The fourth-order valence-electron chi connectivity index (χ4n) is 2.40. The summed E-state index contributed by atoms with van der Waals surface area (Å²) in [6, 6.07) is 2.78. The highest BCUT2D eigenvalue weighted by Crippen LogP contribution is 2.27. The van der Waals surface area contributed by atoms with Gasteiger partial charge in [0, 0.05) is 12.3 Å². The Morgan fingerprint density at radius 1 is 1.45 bits per heavy atom. The van der Waals surface area contributed by atoms with E-state index >= 15 is 0 Å². The Balaban J connectivity index is 2.23. The number of rotatable bonds is 3. The molecule has 1 aliphatic carbocycles. The van der Waals surface area contributed by atoms with Gasteiger partial charge in [0.1, 0.15) is 6.07 Å². The van der Waals surface area contributed by atoms with Crippen molar-refractivity contribution in [2.75, 3.05) is 5.32 Å². The second kappa shape index (κ2) is 6.30. The lowest BCUT2D eigenvalue weighted by Gasteiger charge is -2.22. The van der Waals surface area contributed by atoms with Crippen molar-refractivity contribution in [3.8, 4) is 6.07 Å². The van der Waals surface area contributed by atoms with E-state index in [4.69, 9.17) is 5.26 Å². The van der Waals surface area contributed by atoms with Crippen molar-refractivity contribution in [1.82, 2.24) is 4.98 Å². The monoisotopic (exact) mass is 276 g/mol. The molecule has 20 heavy (non-hydrogen) atoms. The van der Waals surface area contributed by atoms with Crippen molar-refractivity contribution >= 4 is 11.5 Å². The van der Waals surface area contributed by atoms with E-state index in [-0.39, 0.29) is 23.1 Å². The average Bonchev–Trinajstić information content (AvgIpc) is 2.64. The summed E-state index contributed by atoms with van der Waals surface area (Å²) in [6.07, 6.45) is 5.17. The van der Waals surface area contributed by atoms with Crippen molar-refractivity contribution < 1.29 is 10.0 Å². The molecule has 0 aromatic carbocycles. The van der Waals surface area contributed by atoms with Gasteiger partial charge in [-0.05, 0) is 12.8 Å². The van der Waals surface area contributed by atoms with Gasteiger partial charge >= 0.3 is 5.69 Å². The predicted octanol–water partition coefficient (Wildman–Crippen LogP) is 1.97. The number of hydrogen-bond acceptors (Lipinski definition) is 6. The number of hydrogen-bond donors (Lipinski definition) is 2. The largest absolute Gasteiger partial charge is 0.391 e. The summed E-state index contributed by atoms with van der Waals surface area (Å²) in [5, 5.41) is 32.8. The van der Waals surface area contributed by atoms with Gasteiger partial charge in [0.15, 0.2) is 0 Å². The van der Waals surface area contributed by atoms with Crippen LogP contribution in [0.5, 0.6) is 0 Å². The quantitative estimate of drug-likeness (QED) is 0.496. The van der Waals surface area contributed by atoms with Gasteiger partial charge in [-0.1, -0.05) is 19.3 Å². The lowest BCUT2D eigenvalue weighted by Crippen LogP contribution is -2.33. The molecule has 1 saturated carbocycles. The summed E-state index contributed by atoms with van der Waals surface area (Å²) in [5.74, 6) is 0.111. The lowest BCUT2D eigenvalue weighted by atomic mass is 10.1. The Bertz CT molecular complexity index is 541. The third-order valence-corrected chi connectivity index (χ3v) is 3.49. The van der Waals surface area contributed by atoms with Crippen molar-refractivity contribution in [3.63, 3.8) is 0 Å². The number of nitro groups is 1. The van der Waals surface area contributed by atoms with Crippen LogP contribution in [-0.2, 0) is 0 Å². The molecule has 2 rings (SSSR count). The normalized spacial score (nSPS) is 22.6. The fourth-order valence-corrected chi connectivity index (χ4v) is 2.40. The van der Waals surface area contributed by atoms with E-state index in [2.05, 4.69) is 10.3 Å². The van der Waals surface area contributed by atoms with E-state index in [0.717, 1.165) is 25.7 Å². The van der Waals surface area contributed by atoms with Crippen molar-refractivity contribution in [1.29, 1.82) is 5.26 Å². The van der Waals surface area contributed by atoms with E-state index in [1.807, 2.05) is 6.07 Å². The Hall–Kier alpha value is -2.20. The van der Waals surface area contributed by atoms with Gasteiger partial charge in [-0.2, -0.15) is 5.26 Å². The van der Waals surface area contributed by atoms with Gasteiger partial charge in [-0.25, -0.2) is 4.98 Å². The molecule has 0 aliphatic heterocycles. The van der Waals surface area contributed by atoms with Gasteiger partial charge in [0.2, 0.25) is 5.82 Å². The predicted molar refractivity (Wildman–Crippen MR) is 72.1 cm³/mol.